The summed E-state index contributed by atoms with van der Waals surface area (Å²) in [6.45, 7) is 9.12. The highest BCUT2D eigenvalue weighted by Gasteiger charge is 2.08. The van der Waals surface area contributed by atoms with Crippen molar-refractivity contribution in [3.63, 3.8) is 0 Å². The molecule has 0 saturated carbocycles. The zero-order chi connectivity index (χ0) is 11.6. The van der Waals surface area contributed by atoms with E-state index in [1.54, 1.807) is 0 Å². The predicted molar refractivity (Wildman–Crippen MR) is 71.2 cm³/mol. The molecule has 0 unspecified atom stereocenters. The van der Waals surface area contributed by atoms with Gasteiger partial charge in [0, 0.05) is 0 Å². The molecule has 0 spiro atoms. The Balaban J connectivity index is 3.05. The number of rotatable bonds is 8. The van der Waals surface area contributed by atoms with E-state index in [1.165, 1.54) is 51.4 Å². The second kappa shape index (κ2) is 9.00. The lowest BCUT2D eigenvalue weighted by atomic mass is 9.89. The van der Waals surface area contributed by atoms with Crippen LogP contribution in [0.2, 0.25) is 0 Å². The molecule has 0 amide bonds. The largest absolute Gasteiger partial charge is 0.0917 e. The molecule has 0 aliphatic heterocycles. The molecule has 0 fully saturated rings. The van der Waals surface area contributed by atoms with Crippen LogP contribution >= 0.6 is 0 Å². The van der Waals surface area contributed by atoms with Gasteiger partial charge < -0.3 is 0 Å². The Labute approximate surface area is 97.2 Å². The van der Waals surface area contributed by atoms with E-state index in [4.69, 9.17) is 0 Å². The first-order valence-corrected chi connectivity index (χ1v) is 6.67. The molecule has 0 aliphatic carbocycles. The lowest BCUT2D eigenvalue weighted by molar-refractivity contribution is 0.356. The summed E-state index contributed by atoms with van der Waals surface area (Å²) in [5.74, 6) is 0. The highest BCUT2D eigenvalue weighted by atomic mass is 14.1. The van der Waals surface area contributed by atoms with Crippen LogP contribution in [0.5, 0.6) is 0 Å². The summed E-state index contributed by atoms with van der Waals surface area (Å²) in [6.07, 6.45) is 15.6. The fourth-order valence-corrected chi connectivity index (χ4v) is 1.79. The Kier molecular flexibility index (Phi) is 8.85. The topological polar surface area (TPSA) is 0 Å². The zero-order valence-electron chi connectivity index (χ0n) is 11.3. The number of unbranched alkanes of at least 4 members (excludes halogenated alkanes) is 6. The highest BCUT2D eigenvalue weighted by molar-refractivity contribution is 4.76. The van der Waals surface area contributed by atoms with Gasteiger partial charge in [0.1, 0.15) is 0 Å². The fourth-order valence-electron chi connectivity index (χ4n) is 1.79. The first-order chi connectivity index (χ1) is 7.06. The van der Waals surface area contributed by atoms with Gasteiger partial charge in [0.05, 0.1) is 0 Å². The van der Waals surface area contributed by atoms with Gasteiger partial charge >= 0.3 is 0 Å². The second-order valence-corrected chi connectivity index (χ2v) is 5.79. The maximum atomic E-state index is 2.34. The first-order valence-electron chi connectivity index (χ1n) is 6.67. The maximum Gasteiger partial charge on any atom is -0.0351 e. The van der Waals surface area contributed by atoms with E-state index in [1.807, 2.05) is 0 Å². The molecule has 0 nitrogen and oxygen atoms in total. The van der Waals surface area contributed by atoms with Crippen molar-refractivity contribution >= 4 is 0 Å². The molecular weight excluding hydrogens is 180 g/mol. The van der Waals surface area contributed by atoms with Crippen molar-refractivity contribution in [3.8, 4) is 0 Å². The third-order valence-electron chi connectivity index (χ3n) is 2.78. The van der Waals surface area contributed by atoms with Crippen LogP contribution in [0.4, 0.5) is 0 Å². The van der Waals surface area contributed by atoms with E-state index in [0.717, 1.165) is 0 Å². The zero-order valence-corrected chi connectivity index (χ0v) is 11.3. The molecule has 0 rings (SSSR count). The Morgan fingerprint density at radius 1 is 0.800 bits per heavy atom. The van der Waals surface area contributed by atoms with Crippen molar-refractivity contribution in [1.29, 1.82) is 0 Å². The van der Waals surface area contributed by atoms with E-state index in [0.29, 0.717) is 5.41 Å². The lowest BCUT2D eigenvalue weighted by Gasteiger charge is -2.17. The van der Waals surface area contributed by atoms with Gasteiger partial charge in [-0.05, 0) is 31.6 Å². The molecule has 15 heavy (non-hydrogen) atoms. The van der Waals surface area contributed by atoms with Gasteiger partial charge in [-0.3, -0.25) is 0 Å². The minimum absolute atomic E-state index is 0.534. The molecular formula is C15H30. The molecule has 0 saturated heterocycles. The van der Waals surface area contributed by atoms with Crippen LogP contribution in [0.1, 0.15) is 79.1 Å². The Hall–Kier alpha value is -0.260. The van der Waals surface area contributed by atoms with Gasteiger partial charge in [-0.2, -0.15) is 0 Å². The van der Waals surface area contributed by atoms with Crippen LogP contribution in [0.3, 0.4) is 0 Å². The van der Waals surface area contributed by atoms with Crippen molar-refractivity contribution < 1.29 is 0 Å². The smallest absolute Gasteiger partial charge is 0.0351 e. The summed E-state index contributed by atoms with van der Waals surface area (Å²) in [5, 5.41) is 0. The fraction of sp³-hybridized carbons (Fsp3) is 0.867. The number of hydrogen-bond donors (Lipinski definition) is 0. The summed E-state index contributed by atoms with van der Waals surface area (Å²) in [7, 11) is 0. The molecule has 0 heteroatoms. The van der Waals surface area contributed by atoms with E-state index < -0.39 is 0 Å². The summed E-state index contributed by atoms with van der Waals surface area (Å²) < 4.78 is 0. The SMILES string of the molecule is C/C=C\CCCCCCCCC(C)(C)C. The monoisotopic (exact) mass is 210 g/mol. The number of allylic oxidation sites excluding steroid dienone is 2. The van der Waals surface area contributed by atoms with E-state index in [-0.39, 0.29) is 0 Å². The molecule has 90 valence electrons. The van der Waals surface area contributed by atoms with Crippen molar-refractivity contribution in [3.05, 3.63) is 12.2 Å². The lowest BCUT2D eigenvalue weighted by Crippen LogP contribution is -2.03. The molecule has 0 aliphatic rings. The standard InChI is InChI=1S/C15H30/c1-5-6-7-8-9-10-11-12-13-14-15(2,3)4/h5-6H,7-14H2,1-4H3/b6-5-. The van der Waals surface area contributed by atoms with Crippen LogP contribution in [-0.2, 0) is 0 Å². The molecule has 0 aromatic rings. The van der Waals surface area contributed by atoms with Crippen molar-refractivity contribution in [2.75, 3.05) is 0 Å². The molecule has 0 heterocycles. The van der Waals surface area contributed by atoms with Gasteiger partial charge in [-0.1, -0.05) is 65.0 Å². The van der Waals surface area contributed by atoms with Crippen molar-refractivity contribution in [2.45, 2.75) is 79.1 Å². The van der Waals surface area contributed by atoms with Crippen LogP contribution in [-0.4, -0.2) is 0 Å². The maximum absolute atomic E-state index is 2.34. The average molecular weight is 210 g/mol. The van der Waals surface area contributed by atoms with E-state index in [9.17, 15) is 0 Å². The summed E-state index contributed by atoms with van der Waals surface area (Å²) in [4.78, 5) is 0. The van der Waals surface area contributed by atoms with Crippen LogP contribution in [0, 0.1) is 5.41 Å². The van der Waals surface area contributed by atoms with E-state index in [2.05, 4.69) is 39.8 Å². The molecule has 0 atom stereocenters. The third kappa shape index (κ3) is 13.7. The Morgan fingerprint density at radius 3 is 1.87 bits per heavy atom. The summed E-state index contributed by atoms with van der Waals surface area (Å²) in [5.41, 5.74) is 0.534. The minimum Gasteiger partial charge on any atom is -0.0917 e. The minimum atomic E-state index is 0.534. The predicted octanol–water partition coefficient (Wildman–Crippen LogP) is 5.73. The van der Waals surface area contributed by atoms with Crippen LogP contribution in [0.15, 0.2) is 12.2 Å². The van der Waals surface area contributed by atoms with Gasteiger partial charge in [0.25, 0.3) is 0 Å². The second-order valence-electron chi connectivity index (χ2n) is 5.79. The average Bonchev–Trinajstić information content (AvgIpc) is 2.14. The molecule has 0 radical (unpaired) electrons. The van der Waals surface area contributed by atoms with Gasteiger partial charge in [0.2, 0.25) is 0 Å². The van der Waals surface area contributed by atoms with Crippen LogP contribution < -0.4 is 0 Å². The van der Waals surface area contributed by atoms with Gasteiger partial charge in [0.15, 0.2) is 0 Å². The quantitative estimate of drug-likeness (QED) is 0.354. The van der Waals surface area contributed by atoms with Crippen molar-refractivity contribution in [2.24, 2.45) is 5.41 Å². The van der Waals surface area contributed by atoms with Crippen molar-refractivity contribution in [1.82, 2.24) is 0 Å². The van der Waals surface area contributed by atoms with Crippen LogP contribution in [0.25, 0.3) is 0 Å². The normalized spacial score (nSPS) is 12.5. The summed E-state index contributed by atoms with van der Waals surface area (Å²) >= 11 is 0. The third-order valence-corrected chi connectivity index (χ3v) is 2.78. The molecule has 0 aromatic heterocycles. The van der Waals surface area contributed by atoms with Gasteiger partial charge in [-0.15, -0.1) is 0 Å². The highest BCUT2D eigenvalue weighted by Crippen LogP contribution is 2.22. The molecule has 0 aromatic carbocycles. The molecule has 0 bridgehead atoms. The van der Waals surface area contributed by atoms with Gasteiger partial charge in [-0.25, -0.2) is 0 Å². The van der Waals surface area contributed by atoms with E-state index >= 15 is 0 Å². The molecule has 0 N–H and O–H groups in total. The number of hydrogen-bond acceptors (Lipinski definition) is 0. The Morgan fingerprint density at radius 2 is 1.33 bits per heavy atom. The first kappa shape index (κ1) is 14.7. The Bertz CT molecular complexity index is 148. The summed E-state index contributed by atoms with van der Waals surface area (Å²) in [6, 6.07) is 0.